The Morgan fingerprint density at radius 2 is 2.11 bits per heavy atom. The van der Waals surface area contributed by atoms with Crippen molar-refractivity contribution in [3.8, 4) is 5.75 Å². The predicted octanol–water partition coefficient (Wildman–Crippen LogP) is 3.65. The van der Waals surface area contributed by atoms with E-state index in [1.54, 1.807) is 11.3 Å². The van der Waals surface area contributed by atoms with Crippen LogP contribution in [0.1, 0.15) is 24.1 Å². The molecule has 1 heterocycles. The van der Waals surface area contributed by atoms with Crippen LogP contribution < -0.4 is 10.1 Å². The molecule has 1 aromatic carbocycles. The number of ether oxygens (including phenoxy) is 1. The summed E-state index contributed by atoms with van der Waals surface area (Å²) in [5.41, 5.74) is 2.60. The number of thiophene rings is 1. The summed E-state index contributed by atoms with van der Waals surface area (Å²) in [5.74, 6) is 0.981. The number of hydrogen-bond donors (Lipinski definition) is 1. The molecular weight excluding hydrogens is 242 g/mol. The minimum absolute atomic E-state index is 0.294. The lowest BCUT2D eigenvalue weighted by Crippen LogP contribution is -2.19. The zero-order chi connectivity index (χ0) is 12.8. The van der Waals surface area contributed by atoms with Gasteiger partial charge in [-0.3, -0.25) is 0 Å². The first-order valence-electron chi connectivity index (χ1n) is 6.25. The minimum atomic E-state index is 0.294. The van der Waals surface area contributed by atoms with Crippen LogP contribution in [0, 0.1) is 0 Å². The van der Waals surface area contributed by atoms with Gasteiger partial charge in [0.25, 0.3) is 0 Å². The van der Waals surface area contributed by atoms with Crippen molar-refractivity contribution in [1.82, 2.24) is 5.32 Å². The van der Waals surface area contributed by atoms with Gasteiger partial charge < -0.3 is 10.1 Å². The van der Waals surface area contributed by atoms with Crippen molar-refractivity contribution in [2.24, 2.45) is 0 Å². The van der Waals surface area contributed by atoms with E-state index in [0.717, 1.165) is 12.2 Å². The van der Waals surface area contributed by atoms with Crippen LogP contribution in [-0.2, 0) is 6.42 Å². The van der Waals surface area contributed by atoms with Crippen LogP contribution in [0.25, 0.3) is 0 Å². The highest BCUT2D eigenvalue weighted by Crippen LogP contribution is 2.27. The lowest BCUT2D eigenvalue weighted by atomic mass is 10.00. The molecule has 18 heavy (non-hydrogen) atoms. The molecule has 1 N–H and O–H groups in total. The van der Waals surface area contributed by atoms with E-state index < -0.39 is 0 Å². The van der Waals surface area contributed by atoms with Gasteiger partial charge >= 0.3 is 0 Å². The monoisotopic (exact) mass is 261 g/mol. The summed E-state index contributed by atoms with van der Waals surface area (Å²) >= 11 is 1.74. The molecule has 0 saturated heterocycles. The van der Waals surface area contributed by atoms with Crippen LogP contribution in [0.3, 0.4) is 0 Å². The quantitative estimate of drug-likeness (QED) is 0.857. The molecule has 3 heteroatoms. The van der Waals surface area contributed by atoms with Crippen LogP contribution in [0.4, 0.5) is 0 Å². The molecular formula is C15H19NOS. The van der Waals surface area contributed by atoms with Crippen LogP contribution in [-0.4, -0.2) is 13.7 Å². The summed E-state index contributed by atoms with van der Waals surface area (Å²) in [5, 5.41) is 7.70. The molecule has 0 aliphatic carbocycles. The first kappa shape index (κ1) is 13.1. The molecule has 2 aromatic rings. The van der Waals surface area contributed by atoms with Gasteiger partial charge in [-0.25, -0.2) is 0 Å². The summed E-state index contributed by atoms with van der Waals surface area (Å²) in [6.45, 7) is 2.72. The van der Waals surface area contributed by atoms with E-state index in [0.29, 0.717) is 12.6 Å². The molecule has 0 fully saturated rings. The highest BCUT2D eigenvalue weighted by atomic mass is 32.1. The minimum Gasteiger partial charge on any atom is -0.494 e. The molecule has 1 aromatic heterocycles. The molecule has 0 aliphatic heterocycles. The summed E-state index contributed by atoms with van der Waals surface area (Å²) in [6.07, 6.45) is 0.990. The molecule has 1 atom stereocenters. The van der Waals surface area contributed by atoms with Gasteiger partial charge in [0.15, 0.2) is 0 Å². The zero-order valence-corrected chi connectivity index (χ0v) is 11.7. The average molecular weight is 261 g/mol. The SMILES string of the molecule is CCOc1ccccc1C(Cc1ccsc1)NC. The maximum atomic E-state index is 5.70. The Labute approximate surface area is 113 Å². The van der Waals surface area contributed by atoms with E-state index in [-0.39, 0.29) is 0 Å². The van der Waals surface area contributed by atoms with Gasteiger partial charge in [-0.2, -0.15) is 11.3 Å². The summed E-state index contributed by atoms with van der Waals surface area (Å²) in [7, 11) is 2.00. The Hall–Kier alpha value is -1.32. The fourth-order valence-corrected chi connectivity index (χ4v) is 2.75. The van der Waals surface area contributed by atoms with E-state index >= 15 is 0 Å². The summed E-state index contributed by atoms with van der Waals surface area (Å²) in [4.78, 5) is 0. The topological polar surface area (TPSA) is 21.3 Å². The van der Waals surface area contributed by atoms with Gasteiger partial charge in [0, 0.05) is 11.6 Å². The normalized spacial score (nSPS) is 12.3. The molecule has 1 unspecified atom stereocenters. The van der Waals surface area contributed by atoms with Crippen LogP contribution in [0.15, 0.2) is 41.1 Å². The Balaban J connectivity index is 2.21. The third-order valence-electron chi connectivity index (χ3n) is 2.96. The fourth-order valence-electron chi connectivity index (χ4n) is 2.07. The number of rotatable bonds is 6. The molecule has 0 radical (unpaired) electrons. The summed E-state index contributed by atoms with van der Waals surface area (Å²) in [6, 6.07) is 10.7. The Morgan fingerprint density at radius 1 is 1.28 bits per heavy atom. The summed E-state index contributed by atoms with van der Waals surface area (Å²) < 4.78 is 5.70. The van der Waals surface area contributed by atoms with E-state index in [9.17, 15) is 0 Å². The van der Waals surface area contributed by atoms with Crippen molar-refractivity contribution in [1.29, 1.82) is 0 Å². The first-order valence-corrected chi connectivity index (χ1v) is 7.19. The van der Waals surface area contributed by atoms with Gasteiger partial charge in [0.05, 0.1) is 6.61 Å². The maximum absolute atomic E-state index is 5.70. The smallest absolute Gasteiger partial charge is 0.124 e. The second-order valence-electron chi connectivity index (χ2n) is 4.15. The van der Waals surface area contributed by atoms with E-state index in [2.05, 4.69) is 34.3 Å². The van der Waals surface area contributed by atoms with Gasteiger partial charge in [-0.15, -0.1) is 0 Å². The standard InChI is InChI=1S/C15H19NOS/c1-3-17-15-7-5-4-6-13(15)14(16-2)10-12-8-9-18-11-12/h4-9,11,14,16H,3,10H2,1-2H3. The molecule has 0 aliphatic rings. The molecule has 2 nitrogen and oxygen atoms in total. The Kier molecular flexibility index (Phi) is 4.79. The number of hydrogen-bond acceptors (Lipinski definition) is 3. The van der Waals surface area contributed by atoms with E-state index in [1.165, 1.54) is 11.1 Å². The molecule has 2 rings (SSSR count). The van der Waals surface area contributed by atoms with Crippen molar-refractivity contribution in [3.05, 3.63) is 52.2 Å². The molecule has 96 valence electrons. The number of likely N-dealkylation sites (N-methyl/N-ethyl adjacent to an activating group) is 1. The highest BCUT2D eigenvalue weighted by molar-refractivity contribution is 7.07. The second-order valence-corrected chi connectivity index (χ2v) is 4.93. The molecule has 0 spiro atoms. The van der Waals surface area contributed by atoms with Gasteiger partial charge in [0.2, 0.25) is 0 Å². The van der Waals surface area contributed by atoms with Crippen molar-refractivity contribution < 1.29 is 4.74 Å². The number of para-hydroxylation sites is 1. The number of benzene rings is 1. The van der Waals surface area contributed by atoms with Crippen molar-refractivity contribution >= 4 is 11.3 Å². The zero-order valence-electron chi connectivity index (χ0n) is 10.8. The predicted molar refractivity (Wildman–Crippen MR) is 77.4 cm³/mol. The van der Waals surface area contributed by atoms with Gasteiger partial charge in [0.1, 0.15) is 5.75 Å². The molecule has 0 amide bonds. The van der Waals surface area contributed by atoms with Crippen LogP contribution in [0.5, 0.6) is 5.75 Å². The first-order chi connectivity index (χ1) is 8.85. The Morgan fingerprint density at radius 3 is 2.78 bits per heavy atom. The molecule has 0 bridgehead atoms. The fraction of sp³-hybridized carbons (Fsp3) is 0.333. The third kappa shape index (κ3) is 3.12. The Bertz CT molecular complexity index is 467. The van der Waals surface area contributed by atoms with E-state index in [1.807, 2.05) is 26.1 Å². The lowest BCUT2D eigenvalue weighted by Gasteiger charge is -2.19. The van der Waals surface area contributed by atoms with Crippen molar-refractivity contribution in [2.45, 2.75) is 19.4 Å². The van der Waals surface area contributed by atoms with Gasteiger partial charge in [-0.1, -0.05) is 18.2 Å². The van der Waals surface area contributed by atoms with Gasteiger partial charge in [-0.05, 0) is 48.8 Å². The van der Waals surface area contributed by atoms with Crippen molar-refractivity contribution in [3.63, 3.8) is 0 Å². The lowest BCUT2D eigenvalue weighted by molar-refractivity contribution is 0.332. The average Bonchev–Trinajstić information content (AvgIpc) is 2.90. The third-order valence-corrected chi connectivity index (χ3v) is 3.69. The molecule has 0 saturated carbocycles. The number of nitrogens with one attached hydrogen (secondary N) is 1. The van der Waals surface area contributed by atoms with Crippen LogP contribution >= 0.6 is 11.3 Å². The van der Waals surface area contributed by atoms with Crippen molar-refractivity contribution in [2.75, 3.05) is 13.7 Å². The van der Waals surface area contributed by atoms with E-state index in [4.69, 9.17) is 4.74 Å². The largest absolute Gasteiger partial charge is 0.494 e. The highest BCUT2D eigenvalue weighted by Gasteiger charge is 2.14. The maximum Gasteiger partial charge on any atom is 0.124 e. The second kappa shape index (κ2) is 6.57. The van der Waals surface area contributed by atoms with Crippen LogP contribution in [0.2, 0.25) is 0 Å².